The molecule has 0 heterocycles. The van der Waals surface area contributed by atoms with E-state index in [2.05, 4.69) is 11.9 Å². The van der Waals surface area contributed by atoms with Gasteiger partial charge in [-0.05, 0) is 41.5 Å². The maximum atomic E-state index is 9.88. The van der Waals surface area contributed by atoms with Gasteiger partial charge in [0.2, 0.25) is 0 Å². The normalized spacial score (nSPS) is 11.4. The minimum atomic E-state index is 0.216. The van der Waals surface area contributed by atoms with Crippen molar-refractivity contribution in [2.45, 2.75) is 19.8 Å². The quantitative estimate of drug-likeness (QED) is 0.638. The summed E-state index contributed by atoms with van der Waals surface area (Å²) < 4.78 is 0. The van der Waals surface area contributed by atoms with E-state index in [1.807, 2.05) is 0 Å². The Labute approximate surface area is 106 Å². The fraction of sp³-hybridized carbons (Fsp3) is 0.267. The molecule has 0 radical (unpaired) electrons. The third kappa shape index (κ3) is 2.62. The van der Waals surface area contributed by atoms with Crippen molar-refractivity contribution in [3.63, 3.8) is 0 Å². The first-order valence-electron chi connectivity index (χ1n) is 6.17. The molecule has 0 spiro atoms. The van der Waals surface area contributed by atoms with Gasteiger partial charge in [0.05, 0.1) is 0 Å². The molecule has 0 saturated heterocycles. The lowest BCUT2D eigenvalue weighted by atomic mass is 10.0. The van der Waals surface area contributed by atoms with Crippen LogP contribution in [0.15, 0.2) is 35.3 Å². The van der Waals surface area contributed by atoms with Gasteiger partial charge in [-0.15, -0.1) is 0 Å². The molecular weight excluding hydrogens is 226 g/mol. The summed E-state index contributed by atoms with van der Waals surface area (Å²) in [5, 5.41) is 21.1. The second-order valence-corrected chi connectivity index (χ2v) is 4.29. The summed E-state index contributed by atoms with van der Waals surface area (Å²) in [7, 11) is 0. The van der Waals surface area contributed by atoms with Gasteiger partial charge in [0.25, 0.3) is 0 Å². The highest BCUT2D eigenvalue weighted by atomic mass is 16.3. The number of fused-ring (bicyclic) bond motifs is 1. The summed E-state index contributed by atoms with van der Waals surface area (Å²) in [6.07, 6.45) is 3.86. The van der Waals surface area contributed by atoms with Crippen molar-refractivity contribution in [2.75, 3.05) is 6.54 Å². The number of phenolic OH excluding ortho intramolecular Hbond substituents is 2. The van der Waals surface area contributed by atoms with E-state index >= 15 is 0 Å². The molecule has 2 rings (SSSR count). The van der Waals surface area contributed by atoms with Crippen molar-refractivity contribution in [1.29, 1.82) is 0 Å². The predicted octanol–water partition coefficient (Wildman–Crippen LogP) is 3.47. The fourth-order valence-corrected chi connectivity index (χ4v) is 1.87. The Morgan fingerprint density at radius 2 is 2.00 bits per heavy atom. The molecule has 0 atom stereocenters. The molecule has 3 heteroatoms. The molecule has 2 aromatic rings. The molecular formula is C15H17NO2. The van der Waals surface area contributed by atoms with Gasteiger partial charge in [-0.1, -0.05) is 19.4 Å². The summed E-state index contributed by atoms with van der Waals surface area (Å²) in [5.41, 5.74) is 0.712. The molecule has 0 unspecified atom stereocenters. The summed E-state index contributed by atoms with van der Waals surface area (Å²) in [6, 6.07) is 8.51. The van der Waals surface area contributed by atoms with Crippen LogP contribution in [0, 0.1) is 0 Å². The molecule has 0 amide bonds. The molecule has 0 saturated carbocycles. The molecule has 0 aliphatic carbocycles. The van der Waals surface area contributed by atoms with Crippen LogP contribution < -0.4 is 0 Å². The van der Waals surface area contributed by atoms with Gasteiger partial charge in [0, 0.05) is 18.3 Å². The van der Waals surface area contributed by atoms with Crippen molar-refractivity contribution in [1.82, 2.24) is 0 Å². The highest BCUT2D eigenvalue weighted by molar-refractivity contribution is 6.02. The van der Waals surface area contributed by atoms with Crippen LogP contribution in [0.25, 0.3) is 10.8 Å². The minimum absolute atomic E-state index is 0.216. The van der Waals surface area contributed by atoms with Gasteiger partial charge in [0.1, 0.15) is 11.5 Å². The summed E-state index contributed by atoms with van der Waals surface area (Å²) in [6.45, 7) is 2.89. The maximum Gasteiger partial charge on any atom is 0.124 e. The summed E-state index contributed by atoms with van der Waals surface area (Å²) in [4.78, 5) is 4.32. The molecule has 94 valence electrons. The first kappa shape index (κ1) is 12.4. The SMILES string of the molecule is CCCCN=Cc1c(O)ccc2cc(O)ccc12. The Morgan fingerprint density at radius 3 is 2.78 bits per heavy atom. The number of benzene rings is 2. The van der Waals surface area contributed by atoms with Crippen LogP contribution >= 0.6 is 0 Å². The average Bonchev–Trinajstić information content (AvgIpc) is 2.37. The van der Waals surface area contributed by atoms with Crippen LogP contribution in [-0.2, 0) is 0 Å². The van der Waals surface area contributed by atoms with E-state index in [1.165, 1.54) is 0 Å². The summed E-state index contributed by atoms with van der Waals surface area (Å²) >= 11 is 0. The number of hydrogen-bond acceptors (Lipinski definition) is 3. The van der Waals surface area contributed by atoms with E-state index in [4.69, 9.17) is 0 Å². The van der Waals surface area contributed by atoms with E-state index in [0.717, 1.165) is 30.2 Å². The smallest absolute Gasteiger partial charge is 0.124 e. The van der Waals surface area contributed by atoms with Crippen molar-refractivity contribution in [2.24, 2.45) is 4.99 Å². The number of phenols is 2. The second kappa shape index (κ2) is 5.54. The molecule has 2 N–H and O–H groups in total. The standard InChI is InChI=1S/C15H17NO2/c1-2-3-8-16-10-14-13-6-5-12(17)9-11(13)4-7-15(14)18/h4-7,9-10,17-18H,2-3,8H2,1H3. The van der Waals surface area contributed by atoms with E-state index in [9.17, 15) is 10.2 Å². The number of rotatable bonds is 4. The topological polar surface area (TPSA) is 52.8 Å². The van der Waals surface area contributed by atoms with Gasteiger partial charge >= 0.3 is 0 Å². The number of unbranched alkanes of at least 4 members (excludes halogenated alkanes) is 1. The zero-order valence-electron chi connectivity index (χ0n) is 10.4. The Bertz CT molecular complexity index is 576. The number of nitrogens with zero attached hydrogens (tertiary/aromatic N) is 1. The Hall–Kier alpha value is -2.03. The third-order valence-electron chi connectivity index (χ3n) is 2.88. The monoisotopic (exact) mass is 243 g/mol. The zero-order valence-corrected chi connectivity index (χ0v) is 10.4. The second-order valence-electron chi connectivity index (χ2n) is 4.29. The number of hydrogen-bond donors (Lipinski definition) is 2. The lowest BCUT2D eigenvalue weighted by Gasteiger charge is -2.05. The van der Waals surface area contributed by atoms with Crippen molar-refractivity contribution >= 4 is 17.0 Å². The molecule has 0 bridgehead atoms. The average molecular weight is 243 g/mol. The van der Waals surface area contributed by atoms with Gasteiger partial charge in [-0.3, -0.25) is 4.99 Å². The Kier molecular flexibility index (Phi) is 3.82. The van der Waals surface area contributed by atoms with Crippen LogP contribution in [-0.4, -0.2) is 23.0 Å². The van der Waals surface area contributed by atoms with Gasteiger partial charge < -0.3 is 10.2 Å². The Morgan fingerprint density at radius 1 is 1.17 bits per heavy atom. The minimum Gasteiger partial charge on any atom is -0.508 e. The van der Waals surface area contributed by atoms with Crippen LogP contribution in [0.1, 0.15) is 25.3 Å². The molecule has 3 nitrogen and oxygen atoms in total. The first-order valence-corrected chi connectivity index (χ1v) is 6.17. The molecule has 18 heavy (non-hydrogen) atoms. The number of aliphatic imine (C=N–C) groups is 1. The molecule has 2 aromatic carbocycles. The maximum absolute atomic E-state index is 9.88. The van der Waals surface area contributed by atoms with Gasteiger partial charge in [-0.2, -0.15) is 0 Å². The van der Waals surface area contributed by atoms with E-state index < -0.39 is 0 Å². The first-order chi connectivity index (χ1) is 8.72. The summed E-state index contributed by atoms with van der Waals surface area (Å²) in [5.74, 6) is 0.440. The zero-order chi connectivity index (χ0) is 13.0. The number of aromatic hydroxyl groups is 2. The van der Waals surface area contributed by atoms with Crippen LogP contribution in [0.2, 0.25) is 0 Å². The third-order valence-corrected chi connectivity index (χ3v) is 2.88. The Balaban J connectivity index is 2.41. The van der Waals surface area contributed by atoms with E-state index in [-0.39, 0.29) is 11.5 Å². The van der Waals surface area contributed by atoms with Crippen LogP contribution in [0.5, 0.6) is 11.5 Å². The van der Waals surface area contributed by atoms with Gasteiger partial charge in [0.15, 0.2) is 0 Å². The van der Waals surface area contributed by atoms with Crippen molar-refractivity contribution in [3.8, 4) is 11.5 Å². The highest BCUT2D eigenvalue weighted by Gasteiger charge is 2.05. The van der Waals surface area contributed by atoms with Gasteiger partial charge in [-0.25, -0.2) is 0 Å². The lowest BCUT2D eigenvalue weighted by molar-refractivity contribution is 0.473. The molecule has 0 aliphatic rings. The van der Waals surface area contributed by atoms with Crippen LogP contribution in [0.4, 0.5) is 0 Å². The lowest BCUT2D eigenvalue weighted by Crippen LogP contribution is -1.88. The largest absolute Gasteiger partial charge is 0.508 e. The predicted molar refractivity (Wildman–Crippen MR) is 74.6 cm³/mol. The molecule has 0 aromatic heterocycles. The fourth-order valence-electron chi connectivity index (χ4n) is 1.87. The van der Waals surface area contributed by atoms with E-state index in [1.54, 1.807) is 36.5 Å². The van der Waals surface area contributed by atoms with Crippen LogP contribution in [0.3, 0.4) is 0 Å². The van der Waals surface area contributed by atoms with E-state index in [0.29, 0.717) is 5.56 Å². The van der Waals surface area contributed by atoms with Crippen molar-refractivity contribution in [3.05, 3.63) is 35.9 Å². The van der Waals surface area contributed by atoms with Crippen molar-refractivity contribution < 1.29 is 10.2 Å². The molecule has 0 fully saturated rings. The molecule has 0 aliphatic heterocycles. The highest BCUT2D eigenvalue weighted by Crippen LogP contribution is 2.28.